The number of amides is 1. The molecule has 2 aromatic rings. The number of rotatable bonds is 9. The van der Waals surface area contributed by atoms with E-state index in [1.807, 2.05) is 6.08 Å². The first kappa shape index (κ1) is 22.1. The van der Waals surface area contributed by atoms with E-state index in [1.54, 1.807) is 0 Å². The number of carbonyl (C=O) groups is 1. The number of anilines is 1. The molecule has 1 aliphatic rings. The van der Waals surface area contributed by atoms with Gasteiger partial charge in [0, 0.05) is 24.1 Å². The van der Waals surface area contributed by atoms with Gasteiger partial charge in [-0.2, -0.15) is 0 Å². The zero-order valence-corrected chi connectivity index (χ0v) is 18.5. The van der Waals surface area contributed by atoms with Gasteiger partial charge in [0.1, 0.15) is 17.1 Å². The highest BCUT2D eigenvalue weighted by Gasteiger charge is 2.27. The monoisotopic (exact) mass is 407 g/mol. The molecule has 160 valence electrons. The molecule has 0 saturated heterocycles. The van der Waals surface area contributed by atoms with Crippen molar-refractivity contribution in [2.24, 2.45) is 0 Å². The van der Waals surface area contributed by atoms with Crippen molar-refractivity contribution in [2.75, 3.05) is 5.32 Å². The van der Waals surface area contributed by atoms with Crippen molar-refractivity contribution in [3.05, 3.63) is 74.3 Å². The quantitative estimate of drug-likeness (QED) is 0.552. The first-order valence-corrected chi connectivity index (χ1v) is 11.3. The van der Waals surface area contributed by atoms with E-state index in [-0.39, 0.29) is 16.9 Å². The molecule has 1 amide bonds. The number of benzene rings is 1. The van der Waals surface area contributed by atoms with Crippen LogP contribution in [0.15, 0.2) is 34.0 Å². The summed E-state index contributed by atoms with van der Waals surface area (Å²) in [6.07, 6.45) is 9.17. The predicted molar refractivity (Wildman–Crippen MR) is 123 cm³/mol. The van der Waals surface area contributed by atoms with Crippen molar-refractivity contribution >= 4 is 11.6 Å². The van der Waals surface area contributed by atoms with Gasteiger partial charge < -0.3 is 9.73 Å². The first-order chi connectivity index (χ1) is 14.5. The van der Waals surface area contributed by atoms with Crippen molar-refractivity contribution < 1.29 is 9.21 Å². The van der Waals surface area contributed by atoms with Gasteiger partial charge in [-0.15, -0.1) is 6.58 Å². The summed E-state index contributed by atoms with van der Waals surface area (Å²) >= 11 is 0. The molecule has 1 heterocycles. The minimum atomic E-state index is -0.342. The number of nitrogens with one attached hydrogen (secondary N) is 1. The van der Waals surface area contributed by atoms with Gasteiger partial charge in [-0.3, -0.25) is 9.59 Å². The minimum Gasteiger partial charge on any atom is -0.465 e. The first-order valence-electron chi connectivity index (χ1n) is 11.3. The molecule has 0 saturated carbocycles. The third kappa shape index (κ3) is 4.43. The molecule has 1 aliphatic carbocycles. The largest absolute Gasteiger partial charge is 0.465 e. The van der Waals surface area contributed by atoms with Crippen LogP contribution in [-0.4, -0.2) is 5.91 Å². The second-order valence-electron chi connectivity index (χ2n) is 8.03. The standard InChI is InChI=1S/C26H33NO3/c1-5-9-13-22-23(25(28)20-12-10-14-21(20)30-22)26(29)27-24-18(7-3)15-17(11-6-2)16-19(24)8-4/h6,15-16H,2,5,7-14H2,1,3-4H3,(H,27,29). The molecule has 3 rings (SSSR count). The molecule has 0 bridgehead atoms. The second kappa shape index (κ2) is 9.92. The van der Waals surface area contributed by atoms with Gasteiger partial charge >= 0.3 is 0 Å². The number of fused-ring (bicyclic) bond motifs is 1. The van der Waals surface area contributed by atoms with Crippen LogP contribution >= 0.6 is 0 Å². The fraction of sp³-hybridized carbons (Fsp3) is 0.462. The summed E-state index contributed by atoms with van der Waals surface area (Å²) in [7, 11) is 0. The SMILES string of the molecule is C=CCc1cc(CC)c(NC(=O)c2c(CCCC)oc3c(c2=O)CCC3)c(CC)c1. The zero-order chi connectivity index (χ0) is 21.7. The van der Waals surface area contributed by atoms with E-state index in [9.17, 15) is 9.59 Å². The van der Waals surface area contributed by atoms with E-state index in [2.05, 4.69) is 44.8 Å². The van der Waals surface area contributed by atoms with Crippen LogP contribution in [0.1, 0.15) is 84.2 Å². The summed E-state index contributed by atoms with van der Waals surface area (Å²) in [4.78, 5) is 26.6. The summed E-state index contributed by atoms with van der Waals surface area (Å²) in [6, 6.07) is 4.25. The van der Waals surface area contributed by atoms with Crippen molar-refractivity contribution in [1.82, 2.24) is 0 Å². The Labute approximate surface area is 179 Å². The van der Waals surface area contributed by atoms with Gasteiger partial charge in [0.25, 0.3) is 5.91 Å². The molecule has 1 aromatic carbocycles. The van der Waals surface area contributed by atoms with Crippen LogP contribution in [0.5, 0.6) is 0 Å². The van der Waals surface area contributed by atoms with Crippen LogP contribution < -0.4 is 10.7 Å². The van der Waals surface area contributed by atoms with Crippen LogP contribution in [0.3, 0.4) is 0 Å². The van der Waals surface area contributed by atoms with E-state index in [0.29, 0.717) is 24.2 Å². The fourth-order valence-corrected chi connectivity index (χ4v) is 4.31. The van der Waals surface area contributed by atoms with Gasteiger partial charge in [0.15, 0.2) is 0 Å². The highest BCUT2D eigenvalue weighted by molar-refractivity contribution is 6.05. The zero-order valence-electron chi connectivity index (χ0n) is 18.5. The lowest BCUT2D eigenvalue weighted by atomic mass is 9.97. The van der Waals surface area contributed by atoms with Crippen molar-refractivity contribution in [3.8, 4) is 0 Å². The summed E-state index contributed by atoms with van der Waals surface area (Å²) < 4.78 is 6.09. The number of unbranched alkanes of at least 4 members (excludes halogenated alkanes) is 1. The summed E-state index contributed by atoms with van der Waals surface area (Å²) in [5.74, 6) is 0.977. The molecule has 4 nitrogen and oxygen atoms in total. The molecule has 0 radical (unpaired) electrons. The van der Waals surface area contributed by atoms with Crippen LogP contribution in [-0.2, 0) is 38.5 Å². The molecule has 4 heteroatoms. The van der Waals surface area contributed by atoms with E-state index in [0.717, 1.165) is 67.5 Å². The number of hydrogen-bond donors (Lipinski definition) is 1. The Balaban J connectivity index is 2.04. The Hall–Kier alpha value is -2.62. The maximum atomic E-state index is 13.4. The lowest BCUT2D eigenvalue weighted by Crippen LogP contribution is -2.27. The van der Waals surface area contributed by atoms with Crippen molar-refractivity contribution in [1.29, 1.82) is 0 Å². The van der Waals surface area contributed by atoms with Crippen LogP contribution in [0.4, 0.5) is 5.69 Å². The normalized spacial score (nSPS) is 12.6. The average Bonchev–Trinajstić information content (AvgIpc) is 3.22. The Morgan fingerprint density at radius 3 is 2.47 bits per heavy atom. The maximum Gasteiger partial charge on any atom is 0.263 e. The van der Waals surface area contributed by atoms with Crippen molar-refractivity contribution in [2.45, 2.75) is 78.6 Å². The molecule has 0 unspecified atom stereocenters. The number of hydrogen-bond acceptors (Lipinski definition) is 3. The van der Waals surface area contributed by atoms with Gasteiger partial charge in [-0.25, -0.2) is 0 Å². The lowest BCUT2D eigenvalue weighted by Gasteiger charge is -2.17. The lowest BCUT2D eigenvalue weighted by molar-refractivity contribution is 0.102. The third-order valence-electron chi connectivity index (χ3n) is 5.92. The average molecular weight is 408 g/mol. The van der Waals surface area contributed by atoms with Crippen LogP contribution in [0, 0.1) is 0 Å². The molecular formula is C26H33NO3. The van der Waals surface area contributed by atoms with Gasteiger partial charge in [0.05, 0.1) is 0 Å². The fourth-order valence-electron chi connectivity index (χ4n) is 4.31. The van der Waals surface area contributed by atoms with E-state index >= 15 is 0 Å². The van der Waals surface area contributed by atoms with E-state index < -0.39 is 0 Å². The summed E-state index contributed by atoms with van der Waals surface area (Å²) in [6.45, 7) is 10.1. The van der Waals surface area contributed by atoms with Gasteiger partial charge in [-0.1, -0.05) is 45.4 Å². The third-order valence-corrected chi connectivity index (χ3v) is 5.92. The van der Waals surface area contributed by atoms with Gasteiger partial charge in [0.2, 0.25) is 5.43 Å². The smallest absolute Gasteiger partial charge is 0.263 e. The van der Waals surface area contributed by atoms with Crippen LogP contribution in [0.2, 0.25) is 0 Å². The van der Waals surface area contributed by atoms with Crippen LogP contribution in [0.25, 0.3) is 0 Å². The maximum absolute atomic E-state index is 13.4. The Kier molecular flexibility index (Phi) is 7.30. The Morgan fingerprint density at radius 1 is 1.17 bits per heavy atom. The molecule has 0 atom stereocenters. The molecule has 1 N–H and O–H groups in total. The predicted octanol–water partition coefficient (Wildman–Crippen LogP) is 5.58. The van der Waals surface area contributed by atoms with E-state index in [1.165, 1.54) is 5.56 Å². The summed E-state index contributed by atoms with van der Waals surface area (Å²) in [5, 5.41) is 3.09. The number of carbonyl (C=O) groups excluding carboxylic acids is 1. The Bertz CT molecular complexity index is 975. The number of allylic oxidation sites excluding steroid dienone is 1. The summed E-state index contributed by atoms with van der Waals surface area (Å²) in [5.41, 5.74) is 4.94. The number of aryl methyl sites for hydroxylation is 4. The second-order valence-corrected chi connectivity index (χ2v) is 8.03. The van der Waals surface area contributed by atoms with E-state index in [4.69, 9.17) is 4.42 Å². The topological polar surface area (TPSA) is 59.3 Å². The van der Waals surface area contributed by atoms with Crippen molar-refractivity contribution in [3.63, 3.8) is 0 Å². The minimum absolute atomic E-state index is 0.142. The molecular weight excluding hydrogens is 374 g/mol. The molecule has 1 aromatic heterocycles. The molecule has 0 spiro atoms. The molecule has 30 heavy (non-hydrogen) atoms. The highest BCUT2D eigenvalue weighted by Crippen LogP contribution is 2.28. The molecule has 0 aliphatic heterocycles. The highest BCUT2D eigenvalue weighted by atomic mass is 16.3. The van der Waals surface area contributed by atoms with Gasteiger partial charge in [-0.05, 0) is 55.2 Å². The molecule has 0 fully saturated rings. The Morgan fingerprint density at radius 2 is 1.87 bits per heavy atom.